The first-order chi connectivity index (χ1) is 11.0. The molecule has 2 rings (SSSR count). The Morgan fingerprint density at radius 1 is 1.22 bits per heavy atom. The summed E-state index contributed by atoms with van der Waals surface area (Å²) in [6, 6.07) is 4.81. The van der Waals surface area contributed by atoms with Crippen molar-refractivity contribution in [3.63, 3.8) is 0 Å². The van der Waals surface area contributed by atoms with Gasteiger partial charge in [0.25, 0.3) is 5.91 Å². The Bertz CT molecular complexity index is 739. The van der Waals surface area contributed by atoms with Crippen molar-refractivity contribution in [3.8, 4) is 11.5 Å². The number of hydrogen-bond donors (Lipinski definition) is 2. The van der Waals surface area contributed by atoms with Gasteiger partial charge in [-0.25, -0.2) is 0 Å². The van der Waals surface area contributed by atoms with Crippen LogP contribution in [0.2, 0.25) is 0 Å². The molecule has 2 amide bonds. The molecule has 0 saturated carbocycles. The minimum absolute atomic E-state index is 0.139. The maximum Gasteiger partial charge on any atom is 0.250 e. The lowest BCUT2D eigenvalue weighted by atomic mass is 10.1. The van der Waals surface area contributed by atoms with Gasteiger partial charge < -0.3 is 20.5 Å². The third-order valence-corrected chi connectivity index (χ3v) is 3.72. The van der Waals surface area contributed by atoms with Crippen LogP contribution in [0, 0.1) is 0 Å². The van der Waals surface area contributed by atoms with E-state index in [0.29, 0.717) is 11.5 Å². The molecule has 2 aromatic rings. The second kappa shape index (κ2) is 7.46. The average molecular weight is 332 g/mol. The van der Waals surface area contributed by atoms with Crippen LogP contribution in [0.15, 0.2) is 35.0 Å². The molecule has 0 radical (unpaired) electrons. The zero-order chi connectivity index (χ0) is 16.8. The molecule has 0 fully saturated rings. The van der Waals surface area contributed by atoms with E-state index in [9.17, 15) is 9.59 Å². The van der Waals surface area contributed by atoms with E-state index in [4.69, 9.17) is 15.2 Å². The van der Waals surface area contributed by atoms with Crippen molar-refractivity contribution < 1.29 is 19.1 Å². The second-order valence-corrected chi connectivity index (χ2v) is 5.28. The van der Waals surface area contributed by atoms with Gasteiger partial charge in [-0.15, -0.1) is 0 Å². The summed E-state index contributed by atoms with van der Waals surface area (Å²) in [7, 11) is 2.91. The van der Waals surface area contributed by atoms with Crippen LogP contribution in [-0.4, -0.2) is 26.0 Å². The number of ether oxygens (including phenoxy) is 2. The average Bonchev–Trinajstić information content (AvgIpc) is 3.05. The van der Waals surface area contributed by atoms with Crippen molar-refractivity contribution in [1.82, 2.24) is 0 Å². The Hall–Kier alpha value is -2.80. The van der Waals surface area contributed by atoms with E-state index in [0.717, 1.165) is 5.56 Å². The van der Waals surface area contributed by atoms with E-state index >= 15 is 0 Å². The van der Waals surface area contributed by atoms with Crippen LogP contribution in [0.4, 0.5) is 5.69 Å². The quantitative estimate of drug-likeness (QED) is 0.795. The van der Waals surface area contributed by atoms with Crippen LogP contribution in [0.3, 0.4) is 0 Å². The van der Waals surface area contributed by atoms with Gasteiger partial charge in [0, 0.05) is 12.1 Å². The van der Waals surface area contributed by atoms with E-state index in [1.807, 2.05) is 16.8 Å². The van der Waals surface area contributed by atoms with Gasteiger partial charge in [0.2, 0.25) is 5.91 Å². The first-order valence-electron chi connectivity index (χ1n) is 6.62. The maximum absolute atomic E-state index is 12.0. The first-order valence-corrected chi connectivity index (χ1v) is 7.56. The number of amides is 2. The number of rotatable bonds is 6. The molecule has 3 N–H and O–H groups in total. The summed E-state index contributed by atoms with van der Waals surface area (Å²) in [5.41, 5.74) is 6.68. The van der Waals surface area contributed by atoms with E-state index in [1.54, 1.807) is 6.08 Å². The maximum atomic E-state index is 12.0. The lowest BCUT2D eigenvalue weighted by Gasteiger charge is -2.13. The van der Waals surface area contributed by atoms with E-state index < -0.39 is 5.91 Å². The van der Waals surface area contributed by atoms with Gasteiger partial charge in [-0.05, 0) is 34.5 Å². The molecule has 0 bridgehead atoms. The number of primary amides is 1. The van der Waals surface area contributed by atoms with Crippen molar-refractivity contribution >= 4 is 34.9 Å². The Balaban J connectivity index is 2.27. The summed E-state index contributed by atoms with van der Waals surface area (Å²) in [5, 5.41) is 6.45. The van der Waals surface area contributed by atoms with Crippen LogP contribution in [0.5, 0.6) is 11.5 Å². The summed E-state index contributed by atoms with van der Waals surface area (Å²) in [6.45, 7) is 0. The van der Waals surface area contributed by atoms with Gasteiger partial charge in [0.15, 0.2) is 11.5 Å². The summed E-state index contributed by atoms with van der Waals surface area (Å²) < 4.78 is 10.3. The third kappa shape index (κ3) is 4.10. The number of benzene rings is 1. The van der Waals surface area contributed by atoms with Gasteiger partial charge in [-0.3, -0.25) is 9.59 Å². The lowest BCUT2D eigenvalue weighted by molar-refractivity contribution is -0.111. The van der Waals surface area contributed by atoms with Gasteiger partial charge in [0.1, 0.15) is 0 Å². The molecule has 120 valence electrons. The zero-order valence-electron chi connectivity index (χ0n) is 12.7. The molecule has 23 heavy (non-hydrogen) atoms. The summed E-state index contributed by atoms with van der Waals surface area (Å²) in [4.78, 5) is 23.6. The Morgan fingerprint density at radius 3 is 2.48 bits per heavy atom. The fraction of sp³-hybridized carbons (Fsp3) is 0.125. The molecule has 0 aliphatic carbocycles. The number of anilines is 1. The Kier molecular flexibility index (Phi) is 5.37. The molecule has 0 atom stereocenters. The van der Waals surface area contributed by atoms with Crippen LogP contribution < -0.4 is 20.5 Å². The molecule has 1 aromatic heterocycles. The number of carbonyl (C=O) groups is 2. The predicted molar refractivity (Wildman–Crippen MR) is 90.0 cm³/mol. The van der Waals surface area contributed by atoms with Gasteiger partial charge in [0.05, 0.1) is 25.5 Å². The van der Waals surface area contributed by atoms with Gasteiger partial charge >= 0.3 is 0 Å². The van der Waals surface area contributed by atoms with Crippen molar-refractivity contribution in [2.24, 2.45) is 5.73 Å². The molecular weight excluding hydrogens is 316 g/mol. The Morgan fingerprint density at radius 2 is 1.91 bits per heavy atom. The minimum atomic E-state index is -0.678. The molecule has 0 aliphatic heterocycles. The normalized spacial score (nSPS) is 10.5. The summed E-state index contributed by atoms with van der Waals surface area (Å²) in [6.07, 6.45) is 3.06. The van der Waals surface area contributed by atoms with Crippen molar-refractivity contribution in [2.45, 2.75) is 0 Å². The van der Waals surface area contributed by atoms with Crippen molar-refractivity contribution in [2.75, 3.05) is 19.5 Å². The molecule has 1 aromatic carbocycles. The van der Waals surface area contributed by atoms with E-state index in [2.05, 4.69) is 5.32 Å². The van der Waals surface area contributed by atoms with Gasteiger partial charge in [-0.2, -0.15) is 11.3 Å². The number of hydrogen-bond acceptors (Lipinski definition) is 5. The smallest absolute Gasteiger partial charge is 0.250 e. The van der Waals surface area contributed by atoms with Crippen LogP contribution in [-0.2, 0) is 4.79 Å². The van der Waals surface area contributed by atoms with Crippen LogP contribution >= 0.6 is 11.3 Å². The monoisotopic (exact) mass is 332 g/mol. The number of nitrogens with two attached hydrogens (primary N) is 1. The summed E-state index contributed by atoms with van der Waals surface area (Å²) in [5.74, 6) is -0.322. The van der Waals surface area contributed by atoms with Crippen LogP contribution in [0.1, 0.15) is 15.9 Å². The highest BCUT2D eigenvalue weighted by Crippen LogP contribution is 2.33. The largest absolute Gasteiger partial charge is 0.493 e. The van der Waals surface area contributed by atoms with E-state index in [-0.39, 0.29) is 17.2 Å². The molecule has 0 saturated heterocycles. The molecule has 6 nitrogen and oxygen atoms in total. The van der Waals surface area contributed by atoms with Crippen molar-refractivity contribution in [3.05, 3.63) is 46.2 Å². The zero-order valence-corrected chi connectivity index (χ0v) is 13.5. The number of carbonyl (C=O) groups excluding carboxylic acids is 2. The van der Waals surface area contributed by atoms with E-state index in [1.165, 1.54) is 43.8 Å². The molecule has 0 spiro atoms. The highest BCUT2D eigenvalue weighted by Gasteiger charge is 2.16. The SMILES string of the molecule is COc1cc(NC(=O)/C=C/c2ccsc2)c(C(N)=O)cc1OC. The Labute approximate surface area is 137 Å². The standard InChI is InChI=1S/C16H16N2O4S/c1-21-13-7-11(16(17)20)12(8-14(13)22-2)18-15(19)4-3-10-5-6-23-9-10/h3-9H,1-2H3,(H2,17,20)(H,18,19)/b4-3+. The molecule has 1 heterocycles. The molecule has 0 aliphatic rings. The fourth-order valence-corrected chi connectivity index (χ4v) is 2.53. The molecular formula is C16H16N2O4S. The highest BCUT2D eigenvalue weighted by molar-refractivity contribution is 7.08. The number of methoxy groups -OCH3 is 2. The predicted octanol–water partition coefficient (Wildman–Crippen LogP) is 2.52. The highest BCUT2D eigenvalue weighted by atomic mass is 32.1. The fourth-order valence-electron chi connectivity index (χ4n) is 1.90. The first kappa shape index (κ1) is 16.6. The minimum Gasteiger partial charge on any atom is -0.493 e. The second-order valence-electron chi connectivity index (χ2n) is 4.50. The molecule has 0 unspecified atom stereocenters. The van der Waals surface area contributed by atoms with Crippen molar-refractivity contribution in [1.29, 1.82) is 0 Å². The third-order valence-electron chi connectivity index (χ3n) is 3.02. The number of nitrogens with one attached hydrogen (secondary N) is 1. The number of thiophene rings is 1. The molecule has 7 heteroatoms. The summed E-state index contributed by atoms with van der Waals surface area (Å²) >= 11 is 1.54. The lowest BCUT2D eigenvalue weighted by Crippen LogP contribution is -2.17. The van der Waals surface area contributed by atoms with Gasteiger partial charge in [-0.1, -0.05) is 0 Å². The van der Waals surface area contributed by atoms with Crippen LogP contribution in [0.25, 0.3) is 6.08 Å². The topological polar surface area (TPSA) is 90.6 Å².